The smallest absolute Gasteiger partial charge is 0.0346 e. The van der Waals surface area contributed by atoms with Crippen LogP contribution in [0.3, 0.4) is 0 Å². The molecule has 0 bridgehead atoms. The lowest BCUT2D eigenvalue weighted by molar-refractivity contribution is 0.429. The highest BCUT2D eigenvalue weighted by atomic mass is 14.9. The SMILES string of the molecule is CC(C)C(NCC=Cc1ccccc1)c1ccccc1. The van der Waals surface area contributed by atoms with Crippen molar-refractivity contribution in [3.63, 3.8) is 0 Å². The van der Waals surface area contributed by atoms with E-state index in [2.05, 4.69) is 85.9 Å². The zero-order valence-electron chi connectivity index (χ0n) is 12.3. The first-order chi connectivity index (χ1) is 9.77. The first kappa shape index (κ1) is 14.5. The lowest BCUT2D eigenvalue weighted by Gasteiger charge is -2.22. The third-order valence-electron chi connectivity index (χ3n) is 3.39. The molecule has 0 radical (unpaired) electrons. The molecule has 1 unspecified atom stereocenters. The van der Waals surface area contributed by atoms with Crippen molar-refractivity contribution in [3.8, 4) is 0 Å². The molecule has 0 fully saturated rings. The van der Waals surface area contributed by atoms with Crippen molar-refractivity contribution in [2.45, 2.75) is 19.9 Å². The molecule has 0 amide bonds. The Morgan fingerprint density at radius 1 is 0.900 bits per heavy atom. The standard InChI is InChI=1S/C19H23N/c1-16(2)19(18-13-7-4-8-14-18)20-15-9-12-17-10-5-3-6-11-17/h3-14,16,19-20H,15H2,1-2H3. The van der Waals surface area contributed by atoms with Crippen LogP contribution in [0.4, 0.5) is 0 Å². The first-order valence-electron chi connectivity index (χ1n) is 7.27. The molecule has 2 aromatic carbocycles. The second-order valence-electron chi connectivity index (χ2n) is 5.35. The van der Waals surface area contributed by atoms with Crippen molar-refractivity contribution in [1.82, 2.24) is 5.32 Å². The Hall–Kier alpha value is -1.86. The van der Waals surface area contributed by atoms with Crippen LogP contribution in [0.15, 0.2) is 66.7 Å². The van der Waals surface area contributed by atoms with E-state index in [-0.39, 0.29) is 0 Å². The van der Waals surface area contributed by atoms with Crippen molar-refractivity contribution in [1.29, 1.82) is 0 Å². The minimum Gasteiger partial charge on any atom is -0.306 e. The molecule has 0 aliphatic carbocycles. The predicted molar refractivity (Wildman–Crippen MR) is 87.5 cm³/mol. The molecule has 2 rings (SSSR count). The summed E-state index contributed by atoms with van der Waals surface area (Å²) in [6, 6.07) is 21.5. The van der Waals surface area contributed by atoms with Crippen LogP contribution in [-0.2, 0) is 0 Å². The lowest BCUT2D eigenvalue weighted by atomic mass is 9.96. The van der Waals surface area contributed by atoms with Crippen LogP contribution in [0.1, 0.15) is 31.0 Å². The summed E-state index contributed by atoms with van der Waals surface area (Å²) >= 11 is 0. The molecule has 1 atom stereocenters. The highest BCUT2D eigenvalue weighted by molar-refractivity contribution is 5.48. The van der Waals surface area contributed by atoms with Crippen molar-refractivity contribution >= 4 is 6.08 Å². The molecule has 0 saturated heterocycles. The fourth-order valence-corrected chi connectivity index (χ4v) is 2.35. The molecule has 1 N–H and O–H groups in total. The molecule has 0 saturated carbocycles. The van der Waals surface area contributed by atoms with Gasteiger partial charge in [0.1, 0.15) is 0 Å². The van der Waals surface area contributed by atoms with Gasteiger partial charge in [-0.2, -0.15) is 0 Å². The summed E-state index contributed by atoms with van der Waals surface area (Å²) in [5.74, 6) is 0.572. The quantitative estimate of drug-likeness (QED) is 0.799. The van der Waals surface area contributed by atoms with Gasteiger partial charge in [0.25, 0.3) is 0 Å². The van der Waals surface area contributed by atoms with Crippen LogP contribution in [0.25, 0.3) is 6.08 Å². The zero-order chi connectivity index (χ0) is 14.2. The topological polar surface area (TPSA) is 12.0 Å². The van der Waals surface area contributed by atoms with Gasteiger partial charge in [0.2, 0.25) is 0 Å². The highest BCUT2D eigenvalue weighted by Crippen LogP contribution is 2.20. The van der Waals surface area contributed by atoms with E-state index in [9.17, 15) is 0 Å². The Bertz CT molecular complexity index is 514. The van der Waals surface area contributed by atoms with Gasteiger partial charge in [-0.1, -0.05) is 86.7 Å². The third-order valence-corrected chi connectivity index (χ3v) is 3.39. The summed E-state index contributed by atoms with van der Waals surface area (Å²) in [6.45, 7) is 5.39. The average Bonchev–Trinajstić information content (AvgIpc) is 2.49. The number of hydrogen-bond donors (Lipinski definition) is 1. The van der Waals surface area contributed by atoms with Gasteiger partial charge in [-0.05, 0) is 17.0 Å². The predicted octanol–water partition coefficient (Wildman–Crippen LogP) is 4.69. The van der Waals surface area contributed by atoms with Gasteiger partial charge in [0.05, 0.1) is 0 Å². The van der Waals surface area contributed by atoms with Gasteiger partial charge >= 0.3 is 0 Å². The maximum atomic E-state index is 3.62. The number of rotatable bonds is 6. The Morgan fingerprint density at radius 3 is 2.10 bits per heavy atom. The average molecular weight is 265 g/mol. The highest BCUT2D eigenvalue weighted by Gasteiger charge is 2.13. The van der Waals surface area contributed by atoms with E-state index in [1.54, 1.807) is 0 Å². The van der Waals surface area contributed by atoms with E-state index in [0.717, 1.165) is 6.54 Å². The van der Waals surface area contributed by atoms with Crippen molar-refractivity contribution in [2.75, 3.05) is 6.54 Å². The number of hydrogen-bond acceptors (Lipinski definition) is 1. The Labute approximate surface area is 122 Å². The fourth-order valence-electron chi connectivity index (χ4n) is 2.35. The Kier molecular flexibility index (Phi) is 5.57. The van der Waals surface area contributed by atoms with Crippen LogP contribution < -0.4 is 5.32 Å². The maximum absolute atomic E-state index is 3.62. The minimum absolute atomic E-state index is 0.400. The third kappa shape index (κ3) is 4.36. The first-order valence-corrected chi connectivity index (χ1v) is 7.27. The molecule has 20 heavy (non-hydrogen) atoms. The lowest BCUT2D eigenvalue weighted by Crippen LogP contribution is -2.25. The van der Waals surface area contributed by atoms with Crippen molar-refractivity contribution < 1.29 is 0 Å². The summed E-state index contributed by atoms with van der Waals surface area (Å²) in [5, 5.41) is 3.62. The van der Waals surface area contributed by atoms with E-state index in [1.165, 1.54) is 11.1 Å². The number of benzene rings is 2. The van der Waals surface area contributed by atoms with Gasteiger partial charge in [0.15, 0.2) is 0 Å². The fraction of sp³-hybridized carbons (Fsp3) is 0.263. The normalized spacial score (nSPS) is 12.9. The Morgan fingerprint density at radius 2 is 1.50 bits per heavy atom. The number of nitrogens with one attached hydrogen (secondary N) is 1. The molecule has 1 nitrogen and oxygen atoms in total. The summed E-state index contributed by atoms with van der Waals surface area (Å²) in [6.07, 6.45) is 4.35. The van der Waals surface area contributed by atoms with Gasteiger partial charge in [-0.25, -0.2) is 0 Å². The van der Waals surface area contributed by atoms with Crippen LogP contribution in [-0.4, -0.2) is 6.54 Å². The van der Waals surface area contributed by atoms with E-state index < -0.39 is 0 Å². The van der Waals surface area contributed by atoms with Gasteiger partial charge in [-0.3, -0.25) is 0 Å². The largest absolute Gasteiger partial charge is 0.306 e. The van der Waals surface area contributed by atoms with Gasteiger partial charge in [-0.15, -0.1) is 0 Å². The van der Waals surface area contributed by atoms with E-state index in [1.807, 2.05) is 6.07 Å². The van der Waals surface area contributed by atoms with E-state index >= 15 is 0 Å². The molecule has 1 heteroatoms. The zero-order valence-corrected chi connectivity index (χ0v) is 12.3. The van der Waals surface area contributed by atoms with Crippen LogP contribution in [0, 0.1) is 5.92 Å². The summed E-state index contributed by atoms with van der Waals surface area (Å²) in [7, 11) is 0. The minimum atomic E-state index is 0.400. The molecule has 104 valence electrons. The second-order valence-corrected chi connectivity index (χ2v) is 5.35. The summed E-state index contributed by atoms with van der Waals surface area (Å²) < 4.78 is 0. The maximum Gasteiger partial charge on any atom is 0.0346 e. The molecule has 2 aromatic rings. The molecule has 0 heterocycles. The monoisotopic (exact) mass is 265 g/mol. The van der Waals surface area contributed by atoms with Gasteiger partial charge < -0.3 is 5.32 Å². The van der Waals surface area contributed by atoms with E-state index in [0.29, 0.717) is 12.0 Å². The van der Waals surface area contributed by atoms with Gasteiger partial charge in [0, 0.05) is 12.6 Å². The summed E-state index contributed by atoms with van der Waals surface area (Å²) in [4.78, 5) is 0. The Balaban J connectivity index is 1.92. The molecule has 0 aromatic heterocycles. The molecule has 0 spiro atoms. The van der Waals surface area contributed by atoms with Crippen molar-refractivity contribution in [3.05, 3.63) is 77.9 Å². The molecule has 0 aliphatic heterocycles. The van der Waals surface area contributed by atoms with Crippen LogP contribution >= 0.6 is 0 Å². The molecule has 0 aliphatic rings. The van der Waals surface area contributed by atoms with E-state index in [4.69, 9.17) is 0 Å². The summed E-state index contributed by atoms with van der Waals surface area (Å²) in [5.41, 5.74) is 2.60. The van der Waals surface area contributed by atoms with Crippen LogP contribution in [0.2, 0.25) is 0 Å². The molecular weight excluding hydrogens is 242 g/mol. The second kappa shape index (κ2) is 7.66. The van der Waals surface area contributed by atoms with Crippen LogP contribution in [0.5, 0.6) is 0 Å². The van der Waals surface area contributed by atoms with Crippen molar-refractivity contribution in [2.24, 2.45) is 5.92 Å². The molecular formula is C19H23N.